The molecule has 0 aliphatic carbocycles. The largest absolute Gasteiger partial charge is 0.497 e. The van der Waals surface area contributed by atoms with Gasteiger partial charge in [-0.3, -0.25) is 0 Å². The van der Waals surface area contributed by atoms with Crippen molar-refractivity contribution in [3.63, 3.8) is 0 Å². The normalized spacial score (nSPS) is 10.9. The molecule has 9 aromatic rings. The van der Waals surface area contributed by atoms with E-state index in [4.69, 9.17) is 20.5 Å². The first-order valence-electron chi connectivity index (χ1n) is 32.0. The highest BCUT2D eigenvalue weighted by Gasteiger charge is 2.30. The van der Waals surface area contributed by atoms with Crippen LogP contribution in [-0.2, 0) is 16.3 Å². The van der Waals surface area contributed by atoms with Gasteiger partial charge in [-0.05, 0) is 196 Å². The molecule has 0 fully saturated rings. The average molecular weight is 1550 g/mol. The predicted molar refractivity (Wildman–Crippen MR) is 415 cm³/mol. The minimum atomic E-state index is -4.23. The summed E-state index contributed by atoms with van der Waals surface area (Å²) in [4.78, 5) is 4.33. The Morgan fingerprint density at radius 2 is 0.926 bits per heavy atom. The fraction of sp³-hybridized carbons (Fsp3) is 0.346. The van der Waals surface area contributed by atoms with Crippen LogP contribution in [-0.4, -0.2) is 26.8 Å². The zero-order valence-corrected chi connectivity index (χ0v) is 66.1. The van der Waals surface area contributed by atoms with E-state index in [1.54, 1.807) is 24.5 Å². The van der Waals surface area contributed by atoms with Crippen LogP contribution in [0.15, 0.2) is 213 Å². The lowest BCUT2D eigenvalue weighted by Gasteiger charge is -2.12. The molecule has 5 nitrogen and oxygen atoms in total. The maximum absolute atomic E-state index is 12.2. The van der Waals surface area contributed by atoms with Gasteiger partial charge in [-0.25, -0.2) is 4.98 Å². The number of thiazole rings is 1. The molecule has 1 aromatic heterocycles. The number of hydrogen-bond donors (Lipinski definition) is 0. The van der Waals surface area contributed by atoms with Gasteiger partial charge in [0.25, 0.3) is 0 Å². The Labute approximate surface area is 604 Å². The molecule has 0 amide bonds. The van der Waals surface area contributed by atoms with E-state index < -0.39 is 21.9 Å². The van der Waals surface area contributed by atoms with Gasteiger partial charge >= 0.3 is 16.3 Å². The van der Waals surface area contributed by atoms with Gasteiger partial charge < -0.3 is 8.92 Å². The van der Waals surface area contributed by atoms with E-state index in [-0.39, 0.29) is 11.7 Å². The highest BCUT2D eigenvalue weighted by Crippen LogP contribution is 2.38. The summed E-state index contributed by atoms with van der Waals surface area (Å²) in [5.74, 6) is 5.27. The molecule has 0 radical (unpaired) electrons. The molecule has 0 atom stereocenters. The number of methoxy groups -OCH3 is 1. The second-order valence-electron chi connectivity index (χ2n) is 25.0. The number of alkyl halides is 3. The van der Waals surface area contributed by atoms with Crippen molar-refractivity contribution >= 4 is 86.9 Å². The van der Waals surface area contributed by atoms with Crippen LogP contribution in [0.4, 0.5) is 13.2 Å². The maximum atomic E-state index is 12.2. The van der Waals surface area contributed by atoms with Crippen LogP contribution in [0, 0.1) is 6.92 Å². The van der Waals surface area contributed by atoms with E-state index in [9.17, 15) is 21.6 Å². The molecule has 0 saturated heterocycles. The number of ether oxygens (including phenoxy) is 1. The fourth-order valence-corrected chi connectivity index (χ4v) is 11.8. The number of aromatic nitrogens is 1. The summed E-state index contributed by atoms with van der Waals surface area (Å²) in [5.41, 5.74) is 13.0. The molecule has 95 heavy (non-hydrogen) atoms. The molecular formula is C81H100Br3ClF3NO4S2. The number of benzene rings is 8. The molecule has 1 heterocycles. The Morgan fingerprint density at radius 3 is 1.32 bits per heavy atom. The molecule has 0 unspecified atom stereocenters. The number of rotatable bonds is 13. The second-order valence-corrected chi connectivity index (χ2v) is 30.7. The number of nitrogens with zero attached hydrogens (tertiary/aromatic N) is 1. The Kier molecular flexibility index (Phi) is 39.0. The summed E-state index contributed by atoms with van der Waals surface area (Å²) in [7, 11) is -1.82. The van der Waals surface area contributed by atoms with Gasteiger partial charge in [0.05, 0.1) is 38.6 Å². The zero-order valence-electron chi connectivity index (χ0n) is 58.9. The SMILES string of the molecule is C=Cc1cccc(C(C)C)c1.CC(C)c1cc(Br)c(OS(C)(=O)=O)c(Br)c1.CC(C)c1ccc(-c2ccccc2)cc1.CC(C)c1cccc(Br)c1.CC(C)c1cccc(C(F)(F)F)c1.CC(C)c1cccc(Cl)c1.COc1cccc(C(C)C)c1.Cc1nc(C(C)C)cs1. The number of halogens is 7. The van der Waals surface area contributed by atoms with Crippen LogP contribution >= 0.6 is 70.7 Å². The Hall–Kier alpha value is -5.80. The van der Waals surface area contributed by atoms with Crippen molar-refractivity contribution in [2.75, 3.05) is 13.4 Å². The van der Waals surface area contributed by atoms with Crippen LogP contribution in [0.5, 0.6) is 11.5 Å². The summed E-state index contributed by atoms with van der Waals surface area (Å²) in [6.07, 6.45) is -1.33. The van der Waals surface area contributed by atoms with Crippen molar-refractivity contribution in [3.8, 4) is 22.6 Å². The summed E-state index contributed by atoms with van der Waals surface area (Å²) >= 11 is 17.5. The smallest absolute Gasteiger partial charge is 0.416 e. The van der Waals surface area contributed by atoms with Gasteiger partial charge in [-0.2, -0.15) is 21.6 Å². The predicted octanol–water partition coefficient (Wildman–Crippen LogP) is 27.9. The summed E-state index contributed by atoms with van der Waals surface area (Å²) < 4.78 is 71.2. The molecule has 0 N–H and O–H groups in total. The minimum absolute atomic E-state index is 0.127. The van der Waals surface area contributed by atoms with Crippen LogP contribution < -0.4 is 8.92 Å². The highest BCUT2D eigenvalue weighted by molar-refractivity contribution is 9.11. The average Bonchev–Trinajstić information content (AvgIpc) is 1.32. The van der Waals surface area contributed by atoms with E-state index in [0.717, 1.165) is 34.2 Å². The van der Waals surface area contributed by atoms with Crippen molar-refractivity contribution in [1.82, 2.24) is 4.98 Å². The minimum Gasteiger partial charge on any atom is -0.497 e. The lowest BCUT2D eigenvalue weighted by Crippen LogP contribution is -2.07. The molecule has 8 aromatic carbocycles. The Bertz CT molecular complexity index is 3700. The summed E-state index contributed by atoms with van der Waals surface area (Å²) in [6, 6.07) is 61.5. The third-order valence-corrected chi connectivity index (χ3v) is 17.5. The van der Waals surface area contributed by atoms with Crippen LogP contribution in [0.25, 0.3) is 17.2 Å². The second kappa shape index (κ2) is 43.5. The van der Waals surface area contributed by atoms with Gasteiger partial charge in [-0.1, -0.05) is 284 Å². The van der Waals surface area contributed by atoms with Gasteiger partial charge in [0.1, 0.15) is 5.75 Å². The van der Waals surface area contributed by atoms with E-state index in [0.29, 0.717) is 50.4 Å². The summed E-state index contributed by atoms with van der Waals surface area (Å²) in [5, 5.41) is 4.12. The highest BCUT2D eigenvalue weighted by atomic mass is 79.9. The van der Waals surface area contributed by atoms with Gasteiger partial charge in [0.15, 0.2) is 5.75 Å². The molecule has 514 valence electrons. The molecule has 14 heteroatoms. The van der Waals surface area contributed by atoms with Crippen LogP contribution in [0.1, 0.15) is 219 Å². The first-order chi connectivity index (χ1) is 44.5. The topological polar surface area (TPSA) is 65.5 Å². The monoisotopic (exact) mass is 1540 g/mol. The van der Waals surface area contributed by atoms with Gasteiger partial charge in [0.2, 0.25) is 0 Å². The Morgan fingerprint density at radius 1 is 0.495 bits per heavy atom. The van der Waals surface area contributed by atoms with Crippen molar-refractivity contribution < 1.29 is 30.5 Å². The van der Waals surface area contributed by atoms with Crippen molar-refractivity contribution in [3.05, 3.63) is 279 Å². The lowest BCUT2D eigenvalue weighted by atomic mass is 9.99. The van der Waals surface area contributed by atoms with E-state index in [1.807, 2.05) is 81.4 Å². The fourth-order valence-electron chi connectivity index (χ4n) is 8.33. The van der Waals surface area contributed by atoms with E-state index in [1.165, 1.54) is 71.8 Å². The lowest BCUT2D eigenvalue weighted by molar-refractivity contribution is -0.137. The zero-order chi connectivity index (χ0) is 71.8. The molecule has 0 spiro atoms. The van der Waals surface area contributed by atoms with Gasteiger partial charge in [0, 0.05) is 14.9 Å². The quantitative estimate of drug-likeness (QED) is 0.108. The molecular weight excluding hydrogens is 1450 g/mol. The third kappa shape index (κ3) is 34.3. The first-order valence-corrected chi connectivity index (χ1v) is 37.4. The van der Waals surface area contributed by atoms with Crippen molar-refractivity contribution in [2.24, 2.45) is 0 Å². The van der Waals surface area contributed by atoms with Crippen LogP contribution in [0.3, 0.4) is 0 Å². The molecule has 9 rings (SSSR count). The molecule has 0 saturated carbocycles. The van der Waals surface area contributed by atoms with Crippen molar-refractivity contribution in [1.29, 1.82) is 0 Å². The molecule has 0 bridgehead atoms. The van der Waals surface area contributed by atoms with Crippen molar-refractivity contribution in [2.45, 2.75) is 171 Å². The number of hydrogen-bond acceptors (Lipinski definition) is 6. The standard InChI is InChI=1S/C15H16.C11H14.C10H12Br2O3S.C10H11F3.C10H14O.C9H11Br.C9H11Cl.C7H11NS/c1-12(2)13-8-10-15(11-9-13)14-6-4-3-5-7-14;1-4-10-6-5-7-11(8-10)9(2)3;1-6(2)7-4-8(11)10(9(12)5-7)15-16(3,13)14;1-7(2)8-4-3-5-9(6-8)10(11,12)13;1-8(2)9-5-4-6-10(7-9)11-3;2*1-7(2)8-4-3-5-9(10)6-8;1-5(2)7-4-9-6(3)8-7/h3-12H,1-2H3;4-9H,1H2,2-3H3;4-6H,1-3H3;3-7H,1-2H3;4-8H,1-3H3;2*3-7H,1-2H3;4-5H,1-3H3. The molecule has 0 aliphatic rings. The Balaban J connectivity index is 0.000000372. The maximum Gasteiger partial charge on any atom is 0.416 e. The summed E-state index contributed by atoms with van der Waals surface area (Å²) in [6.45, 7) is 39.8. The third-order valence-electron chi connectivity index (χ3n) is 14.3. The van der Waals surface area contributed by atoms with E-state index in [2.05, 4.69) is 271 Å². The molecule has 0 aliphatic heterocycles. The van der Waals surface area contributed by atoms with Crippen LogP contribution in [0.2, 0.25) is 5.02 Å². The first kappa shape index (κ1) is 85.3. The van der Waals surface area contributed by atoms with Gasteiger partial charge in [-0.15, -0.1) is 11.3 Å². The van der Waals surface area contributed by atoms with E-state index >= 15 is 0 Å². The number of aryl methyl sites for hydroxylation is 1.